The summed E-state index contributed by atoms with van der Waals surface area (Å²) in [4.78, 5) is 24.1. The van der Waals surface area contributed by atoms with E-state index in [2.05, 4.69) is 5.32 Å². The van der Waals surface area contributed by atoms with Crippen LogP contribution in [-0.2, 0) is 16.0 Å². The number of nitrogens with one attached hydrogen (secondary N) is 1. The number of aliphatic carboxylic acids is 1. The maximum absolute atomic E-state index is 12.5. The molecule has 0 spiro atoms. The molecule has 24 heavy (non-hydrogen) atoms. The molecular formula is C18H21NO4S. The van der Waals surface area contributed by atoms with Gasteiger partial charge in [0.05, 0.1) is 12.7 Å². The first-order valence-corrected chi connectivity index (χ1v) is 9.16. The topological polar surface area (TPSA) is 79.5 Å². The molecule has 0 aliphatic carbocycles. The molecule has 5 nitrogen and oxygen atoms in total. The Hall–Kier alpha value is -1.95. The lowest BCUT2D eigenvalue weighted by Gasteiger charge is -2.33. The number of hydrogen-bond acceptors (Lipinski definition) is 4. The van der Waals surface area contributed by atoms with E-state index in [9.17, 15) is 14.7 Å². The fraction of sp³-hybridized carbons (Fsp3) is 0.444. The molecule has 1 aliphatic heterocycles. The summed E-state index contributed by atoms with van der Waals surface area (Å²) in [6, 6.07) is 3.98. The Morgan fingerprint density at radius 1 is 1.25 bits per heavy atom. The van der Waals surface area contributed by atoms with Gasteiger partial charge in [0, 0.05) is 10.9 Å². The van der Waals surface area contributed by atoms with Gasteiger partial charge in [-0.25, -0.2) is 4.79 Å². The Labute approximate surface area is 144 Å². The van der Waals surface area contributed by atoms with Gasteiger partial charge in [-0.05, 0) is 61.5 Å². The van der Waals surface area contributed by atoms with E-state index in [0.717, 1.165) is 39.2 Å². The summed E-state index contributed by atoms with van der Waals surface area (Å²) in [5.41, 5.74) is 2.68. The first-order valence-electron chi connectivity index (χ1n) is 8.01. The molecule has 0 radical (unpaired) electrons. The number of carbonyl (C=O) groups excluding carboxylic acids is 1. The van der Waals surface area contributed by atoms with E-state index in [0.29, 0.717) is 12.8 Å². The summed E-state index contributed by atoms with van der Waals surface area (Å²) in [5, 5.41) is 13.2. The molecule has 1 amide bonds. The molecular weight excluding hydrogens is 326 g/mol. The van der Waals surface area contributed by atoms with Crippen molar-refractivity contribution in [3.05, 3.63) is 35.1 Å². The van der Waals surface area contributed by atoms with Crippen molar-refractivity contribution in [2.24, 2.45) is 0 Å². The predicted octanol–water partition coefficient (Wildman–Crippen LogP) is 3.06. The summed E-state index contributed by atoms with van der Waals surface area (Å²) >= 11 is 1.72. The molecule has 0 saturated carbocycles. The average molecular weight is 347 g/mol. The second kappa shape index (κ2) is 6.51. The van der Waals surface area contributed by atoms with E-state index < -0.39 is 11.5 Å². The van der Waals surface area contributed by atoms with Crippen LogP contribution in [0.3, 0.4) is 0 Å². The zero-order chi connectivity index (χ0) is 17.3. The normalized spacial score (nSPS) is 16.9. The summed E-state index contributed by atoms with van der Waals surface area (Å²) in [6.07, 6.45) is 2.64. The molecule has 1 aromatic heterocycles. The first kappa shape index (κ1) is 16.9. The fourth-order valence-electron chi connectivity index (χ4n) is 3.07. The van der Waals surface area contributed by atoms with Crippen LogP contribution >= 0.6 is 11.8 Å². The highest BCUT2D eigenvalue weighted by Crippen LogP contribution is 2.28. The molecule has 3 rings (SSSR count). The number of carboxylic acid groups (broad SMARTS) is 1. The smallest absolute Gasteiger partial charge is 0.329 e. The van der Waals surface area contributed by atoms with Crippen LogP contribution < -0.4 is 5.32 Å². The number of hydrogen-bond donors (Lipinski definition) is 2. The highest BCUT2D eigenvalue weighted by atomic mass is 32.2. The van der Waals surface area contributed by atoms with Crippen LogP contribution in [0, 0.1) is 13.8 Å². The molecule has 6 heteroatoms. The molecule has 2 heterocycles. The number of fused-ring (bicyclic) bond motifs is 1. The third kappa shape index (κ3) is 3.15. The van der Waals surface area contributed by atoms with Gasteiger partial charge in [0.15, 0.2) is 0 Å². The maximum atomic E-state index is 12.5. The van der Waals surface area contributed by atoms with Crippen molar-refractivity contribution < 1.29 is 19.1 Å². The van der Waals surface area contributed by atoms with Crippen LogP contribution in [0.4, 0.5) is 0 Å². The Bertz CT molecular complexity index is 790. The van der Waals surface area contributed by atoms with E-state index in [4.69, 9.17) is 4.42 Å². The molecule has 1 fully saturated rings. The number of thioether (sulfide) groups is 1. The standard InChI is InChI=1S/C18H21NO4S/c1-11-7-14-13(10-23-15(14)8-12(11)2)9-16(20)19-18(17(21)22)3-5-24-6-4-18/h7-8,10H,3-6,9H2,1-2H3,(H,19,20)(H,21,22). The van der Waals surface area contributed by atoms with E-state index >= 15 is 0 Å². The molecule has 1 aromatic carbocycles. The molecule has 1 saturated heterocycles. The van der Waals surface area contributed by atoms with E-state index in [-0.39, 0.29) is 12.3 Å². The van der Waals surface area contributed by atoms with Crippen molar-refractivity contribution >= 4 is 34.6 Å². The monoisotopic (exact) mass is 347 g/mol. The van der Waals surface area contributed by atoms with Crippen LogP contribution in [0.2, 0.25) is 0 Å². The second-order valence-electron chi connectivity index (χ2n) is 6.42. The van der Waals surface area contributed by atoms with Gasteiger partial charge in [0.1, 0.15) is 11.1 Å². The van der Waals surface area contributed by atoms with Gasteiger partial charge in [-0.2, -0.15) is 11.8 Å². The molecule has 0 bridgehead atoms. The molecule has 2 aromatic rings. The van der Waals surface area contributed by atoms with Gasteiger partial charge in [0.25, 0.3) is 0 Å². The second-order valence-corrected chi connectivity index (χ2v) is 7.64. The number of benzene rings is 1. The minimum Gasteiger partial charge on any atom is -0.480 e. The summed E-state index contributed by atoms with van der Waals surface area (Å²) in [5.74, 6) is 0.282. The zero-order valence-corrected chi connectivity index (χ0v) is 14.7. The number of carboxylic acids is 1. The Morgan fingerprint density at radius 2 is 1.92 bits per heavy atom. The highest BCUT2D eigenvalue weighted by Gasteiger charge is 2.41. The summed E-state index contributed by atoms with van der Waals surface area (Å²) < 4.78 is 5.55. The van der Waals surface area contributed by atoms with Gasteiger partial charge in [-0.15, -0.1) is 0 Å². The minimum atomic E-state index is -1.13. The largest absolute Gasteiger partial charge is 0.480 e. The zero-order valence-electron chi connectivity index (χ0n) is 13.8. The third-order valence-electron chi connectivity index (χ3n) is 4.76. The predicted molar refractivity (Wildman–Crippen MR) is 94.5 cm³/mol. The Balaban J connectivity index is 1.79. The molecule has 0 unspecified atom stereocenters. The van der Waals surface area contributed by atoms with Crippen molar-refractivity contribution in [3.8, 4) is 0 Å². The number of amides is 1. The van der Waals surface area contributed by atoms with Gasteiger partial charge >= 0.3 is 5.97 Å². The van der Waals surface area contributed by atoms with Crippen LogP contribution in [0.25, 0.3) is 11.0 Å². The summed E-state index contributed by atoms with van der Waals surface area (Å²) in [6.45, 7) is 4.03. The van der Waals surface area contributed by atoms with E-state index in [1.807, 2.05) is 26.0 Å². The summed E-state index contributed by atoms with van der Waals surface area (Å²) in [7, 11) is 0. The highest BCUT2D eigenvalue weighted by molar-refractivity contribution is 7.99. The quantitative estimate of drug-likeness (QED) is 0.888. The molecule has 0 atom stereocenters. The number of furan rings is 1. The number of aryl methyl sites for hydroxylation is 2. The van der Waals surface area contributed by atoms with Crippen LogP contribution in [0.5, 0.6) is 0 Å². The van der Waals surface area contributed by atoms with Gasteiger partial charge in [-0.1, -0.05) is 0 Å². The Kier molecular flexibility index (Phi) is 4.58. The minimum absolute atomic E-state index is 0.123. The van der Waals surface area contributed by atoms with E-state index in [1.54, 1.807) is 18.0 Å². The van der Waals surface area contributed by atoms with Crippen molar-refractivity contribution in [3.63, 3.8) is 0 Å². The van der Waals surface area contributed by atoms with Gasteiger partial charge < -0.3 is 14.8 Å². The van der Waals surface area contributed by atoms with Crippen molar-refractivity contribution in [1.82, 2.24) is 5.32 Å². The molecule has 1 aliphatic rings. The van der Waals surface area contributed by atoms with Crippen LogP contribution in [0.1, 0.15) is 29.5 Å². The lowest BCUT2D eigenvalue weighted by Crippen LogP contribution is -2.56. The molecule has 2 N–H and O–H groups in total. The van der Waals surface area contributed by atoms with Crippen molar-refractivity contribution in [2.75, 3.05) is 11.5 Å². The maximum Gasteiger partial charge on any atom is 0.329 e. The Morgan fingerprint density at radius 3 is 2.58 bits per heavy atom. The number of rotatable bonds is 4. The van der Waals surface area contributed by atoms with Crippen LogP contribution in [0.15, 0.2) is 22.8 Å². The van der Waals surface area contributed by atoms with Crippen LogP contribution in [-0.4, -0.2) is 34.0 Å². The lowest BCUT2D eigenvalue weighted by molar-refractivity contribution is -0.148. The SMILES string of the molecule is Cc1cc2occ(CC(=O)NC3(C(=O)O)CCSCC3)c2cc1C. The lowest BCUT2D eigenvalue weighted by atomic mass is 9.92. The fourth-order valence-corrected chi connectivity index (χ4v) is 4.26. The van der Waals surface area contributed by atoms with E-state index in [1.165, 1.54) is 0 Å². The van der Waals surface area contributed by atoms with Gasteiger partial charge in [0.2, 0.25) is 5.91 Å². The first-order chi connectivity index (χ1) is 11.4. The number of carbonyl (C=O) groups is 2. The third-order valence-corrected chi connectivity index (χ3v) is 5.74. The van der Waals surface area contributed by atoms with Crippen molar-refractivity contribution in [1.29, 1.82) is 0 Å². The van der Waals surface area contributed by atoms with Crippen molar-refractivity contribution in [2.45, 2.75) is 38.6 Å². The van der Waals surface area contributed by atoms with Gasteiger partial charge in [-0.3, -0.25) is 4.79 Å². The average Bonchev–Trinajstić information content (AvgIpc) is 2.90. The molecule has 128 valence electrons.